The van der Waals surface area contributed by atoms with E-state index in [1.54, 1.807) is 12.1 Å². The number of alkyl halides is 3. The number of halogens is 3. The first-order valence-corrected chi connectivity index (χ1v) is 9.78. The van der Waals surface area contributed by atoms with E-state index in [1.165, 1.54) is 23.5 Å². The number of carbonyl (C=O) groups excluding carboxylic acids is 1. The van der Waals surface area contributed by atoms with Crippen LogP contribution >= 0.6 is 0 Å². The predicted octanol–water partition coefficient (Wildman–Crippen LogP) is 4.88. The van der Waals surface area contributed by atoms with Crippen LogP contribution in [0, 0.1) is 0 Å². The highest BCUT2D eigenvalue weighted by Gasteiger charge is 2.47. The molecule has 0 spiro atoms. The van der Waals surface area contributed by atoms with Gasteiger partial charge in [0.25, 0.3) is 5.91 Å². The Hall–Kier alpha value is -3.23. The molecule has 1 aliphatic carbocycles. The number of fused-ring (bicyclic) bond motifs is 2. The number of hydrogen-bond donors (Lipinski definition) is 2. The molecule has 9 heteroatoms. The Morgan fingerprint density at radius 2 is 2.03 bits per heavy atom. The molecule has 0 bridgehead atoms. The lowest BCUT2D eigenvalue weighted by Gasteiger charge is -2.32. The molecule has 5 rings (SSSR count). The summed E-state index contributed by atoms with van der Waals surface area (Å²) < 4.78 is 47.2. The summed E-state index contributed by atoms with van der Waals surface area (Å²) in [7, 11) is 0. The molecule has 0 saturated carbocycles. The lowest BCUT2D eigenvalue weighted by atomic mass is 10.0. The van der Waals surface area contributed by atoms with Gasteiger partial charge in [0.05, 0.1) is 12.3 Å². The summed E-state index contributed by atoms with van der Waals surface area (Å²) in [5.74, 6) is -0.0166. The highest BCUT2D eigenvalue weighted by atomic mass is 19.4. The van der Waals surface area contributed by atoms with Gasteiger partial charge in [0.1, 0.15) is 11.6 Å². The van der Waals surface area contributed by atoms with Crippen molar-refractivity contribution in [1.29, 1.82) is 0 Å². The van der Waals surface area contributed by atoms with Crippen LogP contribution < -0.4 is 10.6 Å². The van der Waals surface area contributed by atoms with E-state index in [0.717, 1.165) is 23.9 Å². The monoisotopic (exact) mass is 416 g/mol. The van der Waals surface area contributed by atoms with E-state index < -0.39 is 24.2 Å². The molecule has 30 heavy (non-hydrogen) atoms. The highest BCUT2D eigenvalue weighted by Crippen LogP contribution is 2.43. The number of furan rings is 1. The molecule has 2 atom stereocenters. The number of carbonyl (C=O) groups is 1. The van der Waals surface area contributed by atoms with Gasteiger partial charge in [0.15, 0.2) is 11.7 Å². The van der Waals surface area contributed by atoms with Crippen molar-refractivity contribution < 1.29 is 22.4 Å². The Labute approximate surface area is 170 Å². The number of aryl methyl sites for hydroxylation is 2. The zero-order chi connectivity index (χ0) is 20.9. The number of aromatic nitrogens is 2. The van der Waals surface area contributed by atoms with Crippen molar-refractivity contribution in [3.63, 3.8) is 0 Å². The minimum Gasteiger partial charge on any atom is -0.467 e. The third kappa shape index (κ3) is 3.34. The van der Waals surface area contributed by atoms with Gasteiger partial charge >= 0.3 is 6.18 Å². The minimum atomic E-state index is -4.51. The molecule has 0 radical (unpaired) electrons. The first-order chi connectivity index (χ1) is 14.4. The Bertz CT molecular complexity index is 1090. The topological polar surface area (TPSA) is 72.1 Å². The molecule has 2 aliphatic rings. The van der Waals surface area contributed by atoms with E-state index >= 15 is 0 Å². The van der Waals surface area contributed by atoms with Gasteiger partial charge in [-0.3, -0.25) is 4.79 Å². The summed E-state index contributed by atoms with van der Waals surface area (Å²) in [6.07, 6.45) is -0.302. The van der Waals surface area contributed by atoms with Gasteiger partial charge in [0, 0.05) is 18.2 Å². The van der Waals surface area contributed by atoms with Crippen molar-refractivity contribution in [2.24, 2.45) is 0 Å². The number of nitrogens with one attached hydrogen (secondary N) is 2. The molecular weight excluding hydrogens is 397 g/mol. The Kier molecular flexibility index (Phi) is 4.34. The number of rotatable bonds is 3. The average Bonchev–Trinajstić information content (AvgIpc) is 3.44. The van der Waals surface area contributed by atoms with Gasteiger partial charge in [-0.2, -0.15) is 18.3 Å². The highest BCUT2D eigenvalue weighted by molar-refractivity contribution is 6.03. The van der Waals surface area contributed by atoms with E-state index in [1.807, 2.05) is 18.2 Å². The van der Waals surface area contributed by atoms with Crippen molar-refractivity contribution >= 4 is 17.4 Å². The maximum Gasteiger partial charge on any atom is 0.410 e. The van der Waals surface area contributed by atoms with Crippen molar-refractivity contribution in [2.75, 3.05) is 10.6 Å². The SMILES string of the molecule is O=C(Nc1ccc2c(c1)CCC2)c1cc2n(n1)C(C(F)(F)F)CC(c1ccco1)N2. The van der Waals surface area contributed by atoms with Crippen LogP contribution in [0.5, 0.6) is 0 Å². The molecule has 1 aromatic carbocycles. The fraction of sp³-hybridized carbons (Fsp3) is 0.333. The van der Waals surface area contributed by atoms with Gasteiger partial charge < -0.3 is 15.1 Å². The first-order valence-electron chi connectivity index (χ1n) is 9.78. The standard InChI is InChI=1S/C21H19F3N4O2/c22-21(23,24)18-10-15(17-5-2-8-30-17)26-19-11-16(27-28(18)19)20(29)25-14-7-6-12-3-1-4-13(12)9-14/h2,5-9,11,15,18,26H,1,3-4,10H2,(H,25,29). The molecule has 3 aromatic rings. The van der Waals surface area contributed by atoms with E-state index in [9.17, 15) is 18.0 Å². The lowest BCUT2D eigenvalue weighted by molar-refractivity contribution is -0.174. The van der Waals surface area contributed by atoms with Crippen LogP contribution in [-0.2, 0) is 12.8 Å². The second-order valence-corrected chi connectivity index (χ2v) is 7.66. The summed E-state index contributed by atoms with van der Waals surface area (Å²) in [6, 6.07) is 7.78. The fourth-order valence-electron chi connectivity index (χ4n) is 4.21. The van der Waals surface area contributed by atoms with E-state index in [0.29, 0.717) is 11.4 Å². The lowest BCUT2D eigenvalue weighted by Crippen LogP contribution is -2.35. The molecule has 0 fully saturated rings. The van der Waals surface area contributed by atoms with Gasteiger partial charge in [-0.05, 0) is 54.7 Å². The third-order valence-corrected chi connectivity index (χ3v) is 5.67. The molecule has 2 aromatic heterocycles. The smallest absolute Gasteiger partial charge is 0.410 e. The van der Waals surface area contributed by atoms with Gasteiger partial charge in [0.2, 0.25) is 0 Å². The van der Waals surface area contributed by atoms with Crippen LogP contribution in [0.25, 0.3) is 0 Å². The largest absolute Gasteiger partial charge is 0.467 e. The van der Waals surface area contributed by atoms with Crippen molar-refractivity contribution in [2.45, 2.75) is 43.9 Å². The summed E-state index contributed by atoms with van der Waals surface area (Å²) in [6.45, 7) is 0. The van der Waals surface area contributed by atoms with E-state index in [2.05, 4.69) is 15.7 Å². The normalized spacial score (nSPS) is 20.4. The molecule has 1 aliphatic heterocycles. The fourth-order valence-corrected chi connectivity index (χ4v) is 4.21. The van der Waals surface area contributed by atoms with Gasteiger partial charge in [-0.1, -0.05) is 6.07 Å². The third-order valence-electron chi connectivity index (χ3n) is 5.67. The van der Waals surface area contributed by atoms with Crippen LogP contribution in [0.15, 0.2) is 47.1 Å². The quantitative estimate of drug-likeness (QED) is 0.639. The van der Waals surface area contributed by atoms with Crippen LogP contribution in [-0.4, -0.2) is 21.9 Å². The summed E-state index contributed by atoms with van der Waals surface area (Å²) >= 11 is 0. The van der Waals surface area contributed by atoms with Crippen LogP contribution in [0.3, 0.4) is 0 Å². The number of amides is 1. The maximum atomic E-state index is 13.7. The number of nitrogens with zero attached hydrogens (tertiary/aromatic N) is 2. The van der Waals surface area contributed by atoms with E-state index in [4.69, 9.17) is 4.42 Å². The maximum absolute atomic E-state index is 13.7. The number of anilines is 2. The van der Waals surface area contributed by atoms with Crippen LogP contribution in [0.4, 0.5) is 24.7 Å². The molecule has 156 valence electrons. The average molecular weight is 416 g/mol. The minimum absolute atomic E-state index is 0.0765. The molecule has 6 nitrogen and oxygen atoms in total. The molecular formula is C21H19F3N4O2. The summed E-state index contributed by atoms with van der Waals surface area (Å²) in [5, 5.41) is 9.72. The first kappa shape index (κ1) is 18.8. The van der Waals surface area contributed by atoms with E-state index in [-0.39, 0.29) is 17.9 Å². The Morgan fingerprint density at radius 1 is 1.20 bits per heavy atom. The Morgan fingerprint density at radius 3 is 2.80 bits per heavy atom. The van der Waals surface area contributed by atoms with Crippen LogP contribution in [0.1, 0.15) is 52.3 Å². The van der Waals surface area contributed by atoms with Crippen molar-refractivity contribution in [3.05, 3.63) is 65.2 Å². The van der Waals surface area contributed by atoms with Crippen molar-refractivity contribution in [3.8, 4) is 0 Å². The van der Waals surface area contributed by atoms with Crippen LogP contribution in [0.2, 0.25) is 0 Å². The number of hydrogen-bond acceptors (Lipinski definition) is 4. The Balaban J connectivity index is 1.42. The number of benzene rings is 1. The molecule has 2 unspecified atom stereocenters. The van der Waals surface area contributed by atoms with Crippen molar-refractivity contribution in [1.82, 2.24) is 9.78 Å². The van der Waals surface area contributed by atoms with Gasteiger partial charge in [-0.25, -0.2) is 4.68 Å². The predicted molar refractivity (Wildman–Crippen MR) is 103 cm³/mol. The van der Waals surface area contributed by atoms with Gasteiger partial charge in [-0.15, -0.1) is 0 Å². The second kappa shape index (κ2) is 6.93. The molecule has 2 N–H and O–H groups in total. The zero-order valence-corrected chi connectivity index (χ0v) is 15.9. The molecule has 0 saturated heterocycles. The summed E-state index contributed by atoms with van der Waals surface area (Å²) in [4.78, 5) is 12.7. The second-order valence-electron chi connectivity index (χ2n) is 7.66. The molecule has 3 heterocycles. The molecule has 1 amide bonds. The zero-order valence-electron chi connectivity index (χ0n) is 15.9. The summed E-state index contributed by atoms with van der Waals surface area (Å²) in [5.41, 5.74) is 3.00.